The highest BCUT2D eigenvalue weighted by molar-refractivity contribution is 6.30. The lowest BCUT2D eigenvalue weighted by molar-refractivity contribution is -0.119. The highest BCUT2D eigenvalue weighted by Crippen LogP contribution is 2.17. The van der Waals surface area contributed by atoms with Gasteiger partial charge in [-0.1, -0.05) is 11.6 Å². The fourth-order valence-electron chi connectivity index (χ4n) is 1.14. The average Bonchev–Trinajstić information content (AvgIpc) is 2.24. The van der Waals surface area contributed by atoms with Crippen LogP contribution in [0.1, 0.15) is 18.7 Å². The maximum absolute atomic E-state index is 10.6. The molecule has 1 aromatic heterocycles. The van der Waals surface area contributed by atoms with E-state index in [2.05, 4.69) is 10.3 Å². The number of carbonyl (C=O) groups is 1. The van der Waals surface area contributed by atoms with Crippen LogP contribution in [-0.2, 0) is 4.79 Å². The Kier molecular flexibility index (Phi) is 4.67. The third kappa shape index (κ3) is 3.77. The van der Waals surface area contributed by atoms with E-state index in [1.165, 1.54) is 19.2 Å². The third-order valence-electron chi connectivity index (χ3n) is 1.97. The second-order valence-electron chi connectivity index (χ2n) is 3.35. The quantitative estimate of drug-likeness (QED) is 0.710. The number of halogens is 1. The van der Waals surface area contributed by atoms with Crippen LogP contribution in [0.3, 0.4) is 0 Å². The van der Waals surface area contributed by atoms with Crippen LogP contribution in [0.5, 0.6) is 0 Å². The standard InChI is InChI=1S/C10H13ClN2O3/c1-6(14)13-5-9(15)10(16)8-4-7(11)2-3-12-8/h2-4,9-10,15-16H,5H2,1H3,(H,13,14). The molecule has 2 atom stereocenters. The van der Waals surface area contributed by atoms with Crippen molar-refractivity contribution in [1.29, 1.82) is 0 Å². The van der Waals surface area contributed by atoms with Gasteiger partial charge >= 0.3 is 0 Å². The predicted octanol–water partition coefficient (Wildman–Crippen LogP) is 0.265. The average molecular weight is 245 g/mol. The minimum atomic E-state index is -1.18. The monoisotopic (exact) mass is 244 g/mol. The van der Waals surface area contributed by atoms with E-state index >= 15 is 0 Å². The molecule has 0 spiro atoms. The molecule has 0 aromatic carbocycles. The molecular weight excluding hydrogens is 232 g/mol. The van der Waals surface area contributed by atoms with Crippen LogP contribution in [0.25, 0.3) is 0 Å². The van der Waals surface area contributed by atoms with Gasteiger partial charge in [-0.3, -0.25) is 9.78 Å². The molecule has 1 heterocycles. The Balaban J connectivity index is 2.62. The summed E-state index contributed by atoms with van der Waals surface area (Å²) >= 11 is 5.72. The molecule has 0 fully saturated rings. The summed E-state index contributed by atoms with van der Waals surface area (Å²) < 4.78 is 0. The van der Waals surface area contributed by atoms with Gasteiger partial charge in [-0.2, -0.15) is 0 Å². The van der Waals surface area contributed by atoms with Gasteiger partial charge in [-0.15, -0.1) is 0 Å². The lowest BCUT2D eigenvalue weighted by atomic mass is 10.1. The van der Waals surface area contributed by atoms with Gasteiger partial charge in [-0.05, 0) is 12.1 Å². The molecule has 0 saturated carbocycles. The first kappa shape index (κ1) is 12.9. The lowest BCUT2D eigenvalue weighted by Gasteiger charge is -2.17. The molecule has 88 valence electrons. The van der Waals surface area contributed by atoms with Crippen molar-refractivity contribution < 1.29 is 15.0 Å². The van der Waals surface area contributed by atoms with Gasteiger partial charge in [0.15, 0.2) is 0 Å². The van der Waals surface area contributed by atoms with Crippen molar-refractivity contribution in [1.82, 2.24) is 10.3 Å². The maximum Gasteiger partial charge on any atom is 0.216 e. The first-order chi connectivity index (χ1) is 7.50. The Hall–Kier alpha value is -1.17. The maximum atomic E-state index is 10.6. The molecule has 1 rings (SSSR count). The van der Waals surface area contributed by atoms with Crippen molar-refractivity contribution in [2.75, 3.05) is 6.54 Å². The molecule has 1 aromatic rings. The summed E-state index contributed by atoms with van der Waals surface area (Å²) in [7, 11) is 0. The van der Waals surface area contributed by atoms with E-state index in [9.17, 15) is 15.0 Å². The highest BCUT2D eigenvalue weighted by atomic mass is 35.5. The molecule has 16 heavy (non-hydrogen) atoms. The Bertz CT molecular complexity index is 373. The van der Waals surface area contributed by atoms with Crippen molar-refractivity contribution in [3.63, 3.8) is 0 Å². The number of nitrogens with one attached hydrogen (secondary N) is 1. The van der Waals surface area contributed by atoms with E-state index in [-0.39, 0.29) is 18.1 Å². The second kappa shape index (κ2) is 5.79. The van der Waals surface area contributed by atoms with Gasteiger partial charge < -0.3 is 15.5 Å². The fraction of sp³-hybridized carbons (Fsp3) is 0.400. The van der Waals surface area contributed by atoms with Gasteiger partial charge in [0, 0.05) is 24.7 Å². The number of aromatic nitrogens is 1. The van der Waals surface area contributed by atoms with Crippen molar-refractivity contribution in [3.8, 4) is 0 Å². The number of aliphatic hydroxyl groups excluding tert-OH is 2. The first-order valence-corrected chi connectivity index (χ1v) is 5.10. The van der Waals surface area contributed by atoms with Gasteiger partial charge in [0.1, 0.15) is 12.2 Å². The molecule has 0 aliphatic rings. The van der Waals surface area contributed by atoms with E-state index in [0.717, 1.165) is 0 Å². The van der Waals surface area contributed by atoms with E-state index < -0.39 is 12.2 Å². The largest absolute Gasteiger partial charge is 0.388 e. The van der Waals surface area contributed by atoms with Gasteiger partial charge in [0.25, 0.3) is 0 Å². The van der Waals surface area contributed by atoms with Crippen molar-refractivity contribution in [2.45, 2.75) is 19.1 Å². The molecule has 3 N–H and O–H groups in total. The lowest BCUT2D eigenvalue weighted by Crippen LogP contribution is -2.34. The second-order valence-corrected chi connectivity index (χ2v) is 3.78. The Morgan fingerprint density at radius 2 is 2.31 bits per heavy atom. The summed E-state index contributed by atoms with van der Waals surface area (Å²) in [5.41, 5.74) is 0.269. The zero-order valence-corrected chi connectivity index (χ0v) is 9.48. The topological polar surface area (TPSA) is 82.5 Å². The Labute approximate surface area is 98.1 Å². The zero-order chi connectivity index (χ0) is 12.1. The number of nitrogens with zero attached hydrogens (tertiary/aromatic N) is 1. The summed E-state index contributed by atoms with van der Waals surface area (Å²) in [4.78, 5) is 14.5. The third-order valence-corrected chi connectivity index (χ3v) is 2.21. The summed E-state index contributed by atoms with van der Waals surface area (Å²) in [6.07, 6.45) is -0.855. The SMILES string of the molecule is CC(=O)NCC(O)C(O)c1cc(Cl)ccn1. The molecule has 5 nitrogen and oxygen atoms in total. The number of carbonyl (C=O) groups excluding carboxylic acids is 1. The van der Waals surface area contributed by atoms with E-state index in [1.807, 2.05) is 0 Å². The van der Waals surface area contributed by atoms with Crippen LogP contribution in [0, 0.1) is 0 Å². The molecular formula is C10H13ClN2O3. The molecule has 0 bridgehead atoms. The summed E-state index contributed by atoms with van der Waals surface area (Å²) in [6.45, 7) is 1.29. The molecule has 0 aliphatic heterocycles. The van der Waals surface area contributed by atoms with Crippen LogP contribution < -0.4 is 5.32 Å². The summed E-state index contributed by atoms with van der Waals surface area (Å²) in [5, 5.41) is 22.1. The molecule has 1 amide bonds. The zero-order valence-electron chi connectivity index (χ0n) is 8.72. The number of pyridine rings is 1. The first-order valence-electron chi connectivity index (χ1n) is 4.72. The minimum Gasteiger partial charge on any atom is -0.388 e. The van der Waals surface area contributed by atoms with Crippen molar-refractivity contribution in [3.05, 3.63) is 29.0 Å². The van der Waals surface area contributed by atoms with E-state index in [1.54, 1.807) is 6.07 Å². The van der Waals surface area contributed by atoms with Gasteiger partial charge in [-0.25, -0.2) is 0 Å². The molecule has 2 unspecified atom stereocenters. The Morgan fingerprint density at radius 3 is 2.88 bits per heavy atom. The smallest absolute Gasteiger partial charge is 0.216 e. The van der Waals surface area contributed by atoms with Crippen LogP contribution in [0.15, 0.2) is 18.3 Å². The molecule has 0 radical (unpaired) electrons. The number of aliphatic hydroxyl groups is 2. The van der Waals surface area contributed by atoms with Crippen molar-refractivity contribution >= 4 is 17.5 Å². The normalized spacial score (nSPS) is 14.2. The summed E-state index contributed by atoms with van der Waals surface area (Å²) in [5.74, 6) is -0.273. The number of hydrogen-bond acceptors (Lipinski definition) is 4. The van der Waals surface area contributed by atoms with Gasteiger partial charge in [0.2, 0.25) is 5.91 Å². The minimum absolute atomic E-state index is 0.0370. The van der Waals surface area contributed by atoms with Gasteiger partial charge in [0.05, 0.1) is 5.69 Å². The van der Waals surface area contributed by atoms with Crippen LogP contribution in [-0.4, -0.2) is 33.8 Å². The van der Waals surface area contributed by atoms with E-state index in [0.29, 0.717) is 5.02 Å². The summed E-state index contributed by atoms with van der Waals surface area (Å²) in [6, 6.07) is 3.03. The molecule has 0 aliphatic carbocycles. The Morgan fingerprint density at radius 1 is 1.62 bits per heavy atom. The van der Waals surface area contributed by atoms with Crippen LogP contribution in [0.2, 0.25) is 5.02 Å². The highest BCUT2D eigenvalue weighted by Gasteiger charge is 2.19. The number of rotatable bonds is 4. The van der Waals surface area contributed by atoms with E-state index in [4.69, 9.17) is 11.6 Å². The van der Waals surface area contributed by atoms with Crippen LogP contribution >= 0.6 is 11.6 Å². The molecule has 0 saturated heterocycles. The van der Waals surface area contributed by atoms with Crippen molar-refractivity contribution in [2.24, 2.45) is 0 Å². The number of amides is 1. The fourth-order valence-corrected chi connectivity index (χ4v) is 1.31. The van der Waals surface area contributed by atoms with Crippen LogP contribution in [0.4, 0.5) is 0 Å². The predicted molar refractivity (Wildman–Crippen MR) is 58.9 cm³/mol. The number of hydrogen-bond donors (Lipinski definition) is 3. The molecule has 6 heteroatoms.